The number of hydrogen-bond donors (Lipinski definition) is 0. The molecule has 0 aliphatic rings. The molecule has 0 aromatic heterocycles. The predicted octanol–water partition coefficient (Wildman–Crippen LogP) is 2.36. The summed E-state index contributed by atoms with van der Waals surface area (Å²) in [7, 11) is 1.48. The van der Waals surface area contributed by atoms with E-state index < -0.39 is 18.8 Å². The van der Waals surface area contributed by atoms with Crippen LogP contribution in [0, 0.1) is 0 Å². The molecule has 1 aromatic rings. The van der Waals surface area contributed by atoms with Gasteiger partial charge in [-0.2, -0.15) is 13.2 Å². The van der Waals surface area contributed by atoms with E-state index in [2.05, 4.69) is 4.74 Å². The van der Waals surface area contributed by atoms with Crippen molar-refractivity contribution in [3.8, 4) is 5.75 Å². The number of methoxy groups -OCH3 is 1. The maximum atomic E-state index is 12.0. The summed E-state index contributed by atoms with van der Waals surface area (Å²) >= 11 is 0. The molecule has 4 nitrogen and oxygen atoms in total. The lowest BCUT2D eigenvalue weighted by Gasteiger charge is -2.10. The summed E-state index contributed by atoms with van der Waals surface area (Å²) in [5.41, 5.74) is 0.520. The van der Waals surface area contributed by atoms with Crippen LogP contribution in [0.4, 0.5) is 13.2 Å². The Morgan fingerprint density at radius 1 is 1.25 bits per heavy atom. The molecule has 0 aliphatic carbocycles. The molecule has 0 unspecified atom stereocenters. The second-order valence-electron chi connectivity index (χ2n) is 3.94. The summed E-state index contributed by atoms with van der Waals surface area (Å²) < 4.78 is 50.2. The Labute approximate surface area is 114 Å². The van der Waals surface area contributed by atoms with Crippen LogP contribution in [0.5, 0.6) is 5.75 Å². The lowest BCUT2D eigenvalue weighted by Crippen LogP contribution is -2.19. The van der Waals surface area contributed by atoms with E-state index in [-0.39, 0.29) is 18.8 Å². The van der Waals surface area contributed by atoms with Gasteiger partial charge in [-0.3, -0.25) is 4.79 Å². The number of ether oxygens (including phenoxy) is 3. The highest BCUT2D eigenvalue weighted by atomic mass is 19.4. The summed E-state index contributed by atoms with van der Waals surface area (Å²) in [5.74, 6) is -0.417. The Bertz CT molecular complexity index is 432. The Balaban J connectivity index is 2.49. The minimum Gasteiger partial charge on any atom is -0.484 e. The summed E-state index contributed by atoms with van der Waals surface area (Å²) in [4.78, 5) is 11.4. The van der Waals surface area contributed by atoms with Crippen molar-refractivity contribution in [2.45, 2.75) is 12.6 Å². The van der Waals surface area contributed by atoms with Gasteiger partial charge in [0.2, 0.25) is 0 Å². The number of esters is 1. The highest BCUT2D eigenvalue weighted by Crippen LogP contribution is 2.19. The third-order valence-corrected chi connectivity index (χ3v) is 2.20. The normalized spacial score (nSPS) is 11.2. The molecule has 0 spiro atoms. The molecule has 0 radical (unpaired) electrons. The zero-order valence-corrected chi connectivity index (χ0v) is 10.9. The number of carbonyl (C=O) groups is 1. The fourth-order valence-electron chi connectivity index (χ4n) is 1.37. The van der Waals surface area contributed by atoms with Gasteiger partial charge in [0.1, 0.15) is 12.4 Å². The van der Waals surface area contributed by atoms with E-state index in [1.807, 2.05) is 0 Å². The topological polar surface area (TPSA) is 44.8 Å². The standard InChI is InChI=1S/C13H15F3O4/c1-18-5-6-19-12(17)8-10-3-2-4-11(7-10)20-9-13(14,15)16/h2-4,7H,5-6,8-9H2,1H3. The summed E-state index contributed by atoms with van der Waals surface area (Å²) in [5, 5.41) is 0. The van der Waals surface area contributed by atoms with Crippen LogP contribution in [0.1, 0.15) is 5.56 Å². The van der Waals surface area contributed by atoms with E-state index in [9.17, 15) is 18.0 Å². The Morgan fingerprint density at radius 3 is 2.65 bits per heavy atom. The first-order valence-corrected chi connectivity index (χ1v) is 5.84. The molecule has 0 amide bonds. The van der Waals surface area contributed by atoms with Gasteiger partial charge in [-0.05, 0) is 17.7 Å². The lowest BCUT2D eigenvalue weighted by atomic mass is 10.1. The van der Waals surface area contributed by atoms with E-state index in [0.717, 1.165) is 0 Å². The van der Waals surface area contributed by atoms with E-state index in [4.69, 9.17) is 9.47 Å². The average molecular weight is 292 g/mol. The second kappa shape index (κ2) is 7.74. The smallest absolute Gasteiger partial charge is 0.422 e. The molecule has 0 atom stereocenters. The van der Waals surface area contributed by atoms with Crippen LogP contribution in [0.2, 0.25) is 0 Å². The fraction of sp³-hybridized carbons (Fsp3) is 0.462. The first-order valence-electron chi connectivity index (χ1n) is 5.84. The van der Waals surface area contributed by atoms with E-state index in [1.54, 1.807) is 6.07 Å². The number of hydrogen-bond acceptors (Lipinski definition) is 4. The van der Waals surface area contributed by atoms with Crippen LogP contribution in [0.15, 0.2) is 24.3 Å². The average Bonchev–Trinajstić information content (AvgIpc) is 2.36. The summed E-state index contributed by atoms with van der Waals surface area (Å²) in [6, 6.07) is 5.90. The molecule has 0 saturated heterocycles. The third kappa shape index (κ3) is 6.98. The molecular weight excluding hydrogens is 277 g/mol. The molecule has 7 heteroatoms. The van der Waals surface area contributed by atoms with Gasteiger partial charge in [0.15, 0.2) is 6.61 Å². The maximum Gasteiger partial charge on any atom is 0.422 e. The molecule has 20 heavy (non-hydrogen) atoms. The van der Waals surface area contributed by atoms with Gasteiger partial charge in [-0.1, -0.05) is 12.1 Å². The SMILES string of the molecule is COCCOC(=O)Cc1cccc(OCC(F)(F)F)c1. The number of carbonyl (C=O) groups excluding carboxylic acids is 1. The van der Waals surface area contributed by atoms with Gasteiger partial charge in [0, 0.05) is 7.11 Å². The predicted molar refractivity (Wildman–Crippen MR) is 64.5 cm³/mol. The van der Waals surface area contributed by atoms with Crippen molar-refractivity contribution >= 4 is 5.97 Å². The molecule has 0 aliphatic heterocycles. The number of alkyl halides is 3. The van der Waals surface area contributed by atoms with Crippen molar-refractivity contribution in [3.05, 3.63) is 29.8 Å². The van der Waals surface area contributed by atoms with Crippen molar-refractivity contribution in [1.82, 2.24) is 0 Å². The highest BCUT2D eigenvalue weighted by molar-refractivity contribution is 5.72. The Kier molecular flexibility index (Phi) is 6.30. The van der Waals surface area contributed by atoms with E-state index >= 15 is 0 Å². The monoisotopic (exact) mass is 292 g/mol. The van der Waals surface area contributed by atoms with Crippen LogP contribution in [0.25, 0.3) is 0 Å². The Morgan fingerprint density at radius 2 is 2.00 bits per heavy atom. The van der Waals surface area contributed by atoms with Gasteiger partial charge in [-0.15, -0.1) is 0 Å². The van der Waals surface area contributed by atoms with Crippen molar-refractivity contribution in [2.24, 2.45) is 0 Å². The molecule has 0 bridgehead atoms. The van der Waals surface area contributed by atoms with Gasteiger partial charge in [0.05, 0.1) is 13.0 Å². The third-order valence-electron chi connectivity index (χ3n) is 2.20. The maximum absolute atomic E-state index is 12.0. The van der Waals surface area contributed by atoms with Gasteiger partial charge >= 0.3 is 12.1 Å². The first-order chi connectivity index (χ1) is 9.40. The molecular formula is C13H15F3O4. The zero-order chi connectivity index (χ0) is 15.0. The molecule has 0 N–H and O–H groups in total. The summed E-state index contributed by atoms with van der Waals surface area (Å²) in [6.45, 7) is -0.936. The van der Waals surface area contributed by atoms with Crippen LogP contribution in [0.3, 0.4) is 0 Å². The minimum atomic E-state index is -4.39. The van der Waals surface area contributed by atoms with Crippen molar-refractivity contribution in [3.63, 3.8) is 0 Å². The molecule has 0 fully saturated rings. The largest absolute Gasteiger partial charge is 0.484 e. The van der Waals surface area contributed by atoms with E-state index in [1.165, 1.54) is 25.3 Å². The molecule has 1 aromatic carbocycles. The number of rotatable bonds is 7. The van der Waals surface area contributed by atoms with Crippen LogP contribution >= 0.6 is 0 Å². The highest BCUT2D eigenvalue weighted by Gasteiger charge is 2.28. The molecule has 1 rings (SSSR count). The van der Waals surface area contributed by atoms with Gasteiger partial charge in [0.25, 0.3) is 0 Å². The quantitative estimate of drug-likeness (QED) is 0.571. The lowest BCUT2D eigenvalue weighted by molar-refractivity contribution is -0.153. The van der Waals surface area contributed by atoms with Gasteiger partial charge < -0.3 is 14.2 Å². The molecule has 0 heterocycles. The van der Waals surface area contributed by atoms with Crippen molar-refractivity contribution in [2.75, 3.05) is 26.9 Å². The second-order valence-corrected chi connectivity index (χ2v) is 3.94. The van der Waals surface area contributed by atoms with Crippen molar-refractivity contribution < 1.29 is 32.2 Å². The molecule has 0 saturated carbocycles. The van der Waals surface area contributed by atoms with Crippen molar-refractivity contribution in [1.29, 1.82) is 0 Å². The zero-order valence-electron chi connectivity index (χ0n) is 10.9. The van der Waals surface area contributed by atoms with Crippen LogP contribution in [-0.2, 0) is 20.7 Å². The first kappa shape index (κ1) is 16.3. The minimum absolute atomic E-state index is 0.0348. The summed E-state index contributed by atoms with van der Waals surface area (Å²) in [6.07, 6.45) is -4.43. The van der Waals surface area contributed by atoms with E-state index in [0.29, 0.717) is 12.2 Å². The molecule has 112 valence electrons. The van der Waals surface area contributed by atoms with Crippen LogP contribution < -0.4 is 4.74 Å². The number of benzene rings is 1. The van der Waals surface area contributed by atoms with Crippen LogP contribution in [-0.4, -0.2) is 39.1 Å². The fourth-order valence-corrected chi connectivity index (χ4v) is 1.37. The Hall–Kier alpha value is -1.76. The number of halogens is 3. The van der Waals surface area contributed by atoms with Gasteiger partial charge in [-0.25, -0.2) is 0 Å².